The summed E-state index contributed by atoms with van der Waals surface area (Å²) in [5, 5.41) is 11.5. The minimum absolute atomic E-state index is 0.0256. The van der Waals surface area contributed by atoms with E-state index in [4.69, 9.17) is 9.47 Å². The van der Waals surface area contributed by atoms with Crippen LogP contribution < -0.4 is 14.4 Å². The molecular formula is C32H35NO5. The zero-order valence-electron chi connectivity index (χ0n) is 22.6. The molecule has 0 radical (unpaired) electrons. The second-order valence-corrected chi connectivity index (χ2v) is 10.2. The molecule has 198 valence electrons. The number of benzene rings is 3. The summed E-state index contributed by atoms with van der Waals surface area (Å²) in [6.45, 7) is 11.2. The zero-order chi connectivity index (χ0) is 27.4. The van der Waals surface area contributed by atoms with Crippen molar-refractivity contribution in [3.05, 3.63) is 95.1 Å². The smallest absolute Gasteiger partial charge is 0.300 e. The lowest BCUT2D eigenvalue weighted by atomic mass is 9.94. The van der Waals surface area contributed by atoms with Crippen LogP contribution in [-0.4, -0.2) is 30.0 Å². The molecule has 0 bridgehead atoms. The van der Waals surface area contributed by atoms with Gasteiger partial charge in [-0.1, -0.05) is 64.1 Å². The lowest BCUT2D eigenvalue weighted by Gasteiger charge is -2.26. The highest BCUT2D eigenvalue weighted by Crippen LogP contribution is 2.43. The van der Waals surface area contributed by atoms with Crippen molar-refractivity contribution in [1.82, 2.24) is 0 Å². The summed E-state index contributed by atoms with van der Waals surface area (Å²) in [6.07, 6.45) is 0. The van der Waals surface area contributed by atoms with Crippen LogP contribution in [0.2, 0.25) is 0 Å². The van der Waals surface area contributed by atoms with Gasteiger partial charge < -0.3 is 14.6 Å². The minimum Gasteiger partial charge on any atom is -0.507 e. The molecule has 6 nitrogen and oxygen atoms in total. The number of anilines is 1. The number of Topliss-reactive ketones (excluding diaryl/α,β-unsaturated/α-hetero) is 1. The van der Waals surface area contributed by atoms with E-state index in [9.17, 15) is 14.7 Å². The fraction of sp³-hybridized carbons (Fsp3) is 0.312. The lowest BCUT2D eigenvalue weighted by Crippen LogP contribution is -2.29. The summed E-state index contributed by atoms with van der Waals surface area (Å²) in [7, 11) is 0. The highest BCUT2D eigenvalue weighted by atomic mass is 16.5. The van der Waals surface area contributed by atoms with Gasteiger partial charge in [-0.3, -0.25) is 14.5 Å². The summed E-state index contributed by atoms with van der Waals surface area (Å²) in [6, 6.07) is 21.0. The van der Waals surface area contributed by atoms with Crippen molar-refractivity contribution in [1.29, 1.82) is 0 Å². The number of hydrogen-bond donors (Lipinski definition) is 1. The molecule has 1 amide bonds. The molecule has 3 aromatic rings. The third-order valence-corrected chi connectivity index (χ3v) is 6.46. The average Bonchev–Trinajstić information content (AvgIpc) is 3.17. The molecule has 1 atom stereocenters. The van der Waals surface area contributed by atoms with Crippen LogP contribution in [0.1, 0.15) is 63.3 Å². The molecule has 1 fully saturated rings. The second-order valence-electron chi connectivity index (χ2n) is 10.2. The van der Waals surface area contributed by atoms with Crippen LogP contribution in [0.3, 0.4) is 0 Å². The molecule has 1 N–H and O–H groups in total. The Bertz CT molecular complexity index is 1340. The van der Waals surface area contributed by atoms with Gasteiger partial charge in [-0.05, 0) is 66.3 Å². The number of amides is 1. The van der Waals surface area contributed by atoms with Gasteiger partial charge in [0.15, 0.2) is 0 Å². The van der Waals surface area contributed by atoms with E-state index in [0.29, 0.717) is 53.4 Å². The Kier molecular flexibility index (Phi) is 8.20. The van der Waals surface area contributed by atoms with Crippen LogP contribution in [0, 0.1) is 5.92 Å². The Morgan fingerprint density at radius 3 is 2.18 bits per heavy atom. The quantitative estimate of drug-likeness (QED) is 0.192. The predicted molar refractivity (Wildman–Crippen MR) is 150 cm³/mol. The first-order chi connectivity index (χ1) is 18.2. The van der Waals surface area contributed by atoms with E-state index in [1.165, 1.54) is 4.90 Å². The van der Waals surface area contributed by atoms with Crippen molar-refractivity contribution >= 4 is 23.1 Å². The van der Waals surface area contributed by atoms with Crippen LogP contribution in [0.25, 0.3) is 5.76 Å². The van der Waals surface area contributed by atoms with Crippen LogP contribution in [0.4, 0.5) is 5.69 Å². The average molecular weight is 514 g/mol. The van der Waals surface area contributed by atoms with E-state index in [1.54, 1.807) is 24.3 Å². The molecule has 1 aliphatic rings. The maximum absolute atomic E-state index is 13.5. The van der Waals surface area contributed by atoms with Crippen LogP contribution in [0.15, 0.2) is 78.4 Å². The molecule has 0 aromatic heterocycles. The molecule has 1 unspecified atom stereocenters. The normalized spacial score (nSPS) is 16.9. The van der Waals surface area contributed by atoms with E-state index in [-0.39, 0.29) is 11.3 Å². The summed E-state index contributed by atoms with van der Waals surface area (Å²) in [5.41, 5.74) is 2.80. The summed E-state index contributed by atoms with van der Waals surface area (Å²) < 4.78 is 11.5. The third-order valence-electron chi connectivity index (χ3n) is 6.46. The number of aliphatic hydroxyl groups excluding tert-OH is 1. The number of ketones is 1. The lowest BCUT2D eigenvalue weighted by molar-refractivity contribution is -0.132. The molecule has 1 heterocycles. The Hall–Kier alpha value is -4.06. The van der Waals surface area contributed by atoms with Gasteiger partial charge in [0.05, 0.1) is 24.8 Å². The van der Waals surface area contributed by atoms with Crippen molar-refractivity contribution in [2.75, 3.05) is 18.1 Å². The predicted octanol–water partition coefficient (Wildman–Crippen LogP) is 6.87. The summed E-state index contributed by atoms with van der Waals surface area (Å²) in [4.78, 5) is 28.4. The highest BCUT2D eigenvalue weighted by molar-refractivity contribution is 6.51. The second kappa shape index (κ2) is 11.5. The van der Waals surface area contributed by atoms with Crippen LogP contribution in [-0.2, 0) is 9.59 Å². The first kappa shape index (κ1) is 27.0. The Balaban J connectivity index is 1.86. The Labute approximate surface area is 224 Å². The van der Waals surface area contributed by atoms with Gasteiger partial charge >= 0.3 is 0 Å². The number of hydrogen-bond acceptors (Lipinski definition) is 5. The molecule has 6 heteroatoms. The zero-order valence-corrected chi connectivity index (χ0v) is 22.6. The largest absolute Gasteiger partial charge is 0.507 e. The van der Waals surface area contributed by atoms with E-state index < -0.39 is 17.7 Å². The topological polar surface area (TPSA) is 76.1 Å². The van der Waals surface area contributed by atoms with E-state index in [2.05, 4.69) is 27.7 Å². The molecular weight excluding hydrogens is 478 g/mol. The van der Waals surface area contributed by atoms with Gasteiger partial charge in [-0.15, -0.1) is 0 Å². The number of rotatable bonds is 9. The molecule has 0 saturated carbocycles. The van der Waals surface area contributed by atoms with Gasteiger partial charge in [-0.2, -0.15) is 0 Å². The van der Waals surface area contributed by atoms with Crippen molar-refractivity contribution < 1.29 is 24.2 Å². The molecule has 1 saturated heterocycles. The fourth-order valence-electron chi connectivity index (χ4n) is 4.53. The van der Waals surface area contributed by atoms with E-state index in [1.807, 2.05) is 55.5 Å². The maximum atomic E-state index is 13.5. The van der Waals surface area contributed by atoms with Gasteiger partial charge in [0, 0.05) is 11.3 Å². The van der Waals surface area contributed by atoms with Gasteiger partial charge in [0.25, 0.3) is 11.7 Å². The molecule has 0 aliphatic carbocycles. The monoisotopic (exact) mass is 513 g/mol. The van der Waals surface area contributed by atoms with Gasteiger partial charge in [0.1, 0.15) is 17.3 Å². The standard InChI is InChI=1S/C32H35NO5/c1-6-37-26-11-7-9-23(17-26)29-28(30(34)24-10-8-12-27(18-24)38-19-20(2)3)31(35)32(36)33(29)25-15-13-22(14-16-25)21(4)5/h7-18,20-21,29,34H,6,19H2,1-5H3/b30-28-. The van der Waals surface area contributed by atoms with Crippen molar-refractivity contribution in [3.8, 4) is 11.5 Å². The third kappa shape index (κ3) is 5.59. The maximum Gasteiger partial charge on any atom is 0.300 e. The summed E-state index contributed by atoms with van der Waals surface area (Å²) >= 11 is 0. The number of nitrogens with zero attached hydrogens (tertiary/aromatic N) is 1. The number of carbonyl (C=O) groups is 2. The van der Waals surface area contributed by atoms with Crippen molar-refractivity contribution in [3.63, 3.8) is 0 Å². The SMILES string of the molecule is CCOc1cccc(C2/C(=C(/O)c3cccc(OCC(C)C)c3)C(=O)C(=O)N2c2ccc(C(C)C)cc2)c1. The number of ether oxygens (including phenoxy) is 2. The number of aliphatic hydroxyl groups is 1. The van der Waals surface area contributed by atoms with E-state index in [0.717, 1.165) is 5.56 Å². The van der Waals surface area contributed by atoms with Gasteiger partial charge in [-0.25, -0.2) is 0 Å². The highest BCUT2D eigenvalue weighted by Gasteiger charge is 2.47. The molecule has 38 heavy (non-hydrogen) atoms. The van der Waals surface area contributed by atoms with E-state index >= 15 is 0 Å². The van der Waals surface area contributed by atoms with Crippen LogP contribution >= 0.6 is 0 Å². The first-order valence-electron chi connectivity index (χ1n) is 13.1. The molecule has 0 spiro atoms. The summed E-state index contributed by atoms with van der Waals surface area (Å²) in [5.74, 6) is 0.177. The molecule has 4 rings (SSSR count). The number of carbonyl (C=O) groups excluding carboxylic acids is 2. The Morgan fingerprint density at radius 2 is 1.55 bits per heavy atom. The van der Waals surface area contributed by atoms with Crippen molar-refractivity contribution in [2.24, 2.45) is 5.92 Å². The van der Waals surface area contributed by atoms with Gasteiger partial charge in [0.2, 0.25) is 0 Å². The molecule has 1 aliphatic heterocycles. The van der Waals surface area contributed by atoms with Crippen molar-refractivity contribution in [2.45, 2.75) is 46.6 Å². The molecule has 3 aromatic carbocycles. The Morgan fingerprint density at radius 1 is 0.895 bits per heavy atom. The first-order valence-corrected chi connectivity index (χ1v) is 13.1. The minimum atomic E-state index is -0.833. The van der Waals surface area contributed by atoms with Crippen LogP contribution in [0.5, 0.6) is 11.5 Å². The fourth-order valence-corrected chi connectivity index (χ4v) is 4.53.